The lowest BCUT2D eigenvalue weighted by molar-refractivity contribution is -0.129. The predicted octanol–water partition coefficient (Wildman–Crippen LogP) is 3.29. The van der Waals surface area contributed by atoms with Crippen molar-refractivity contribution in [2.75, 3.05) is 18.0 Å². The molecule has 1 fully saturated rings. The molecule has 1 aromatic rings. The Hall–Kier alpha value is -2.75. The fraction of sp³-hybridized carbons (Fsp3) is 0.625. The molecule has 7 nitrogen and oxygen atoms in total. The lowest BCUT2D eigenvalue weighted by Crippen LogP contribution is -2.55. The number of carbonyl (C=O) groups is 2. The monoisotopic (exact) mass is 426 g/mol. The van der Waals surface area contributed by atoms with Crippen molar-refractivity contribution >= 4 is 17.5 Å². The number of nitrogens with one attached hydrogen (secondary N) is 2. The van der Waals surface area contributed by atoms with Gasteiger partial charge in [-0.25, -0.2) is 0 Å². The number of amides is 2. The molecule has 2 N–H and O–H groups in total. The SMILES string of the molecule is CCC(CC)NC(=O)C1CN(CC(=O)NC2(C#N)CCCCCC2)c2ccccc2O1. The van der Waals surface area contributed by atoms with E-state index in [1.165, 1.54) is 0 Å². The first kappa shape index (κ1) is 22.9. The van der Waals surface area contributed by atoms with E-state index in [1.54, 1.807) is 0 Å². The summed E-state index contributed by atoms with van der Waals surface area (Å²) in [6, 6.07) is 9.93. The first-order valence-corrected chi connectivity index (χ1v) is 11.5. The standard InChI is InChI=1S/C24H34N4O3/c1-3-18(4-2)26-23(30)21-15-28(19-11-7-8-12-20(19)31-21)16-22(29)27-24(17-25)13-9-5-6-10-14-24/h7-8,11-12,18,21H,3-6,9-10,13-16H2,1-2H3,(H,26,30)(H,27,29). The maximum atomic E-state index is 13.0. The molecule has 1 unspecified atom stereocenters. The van der Waals surface area contributed by atoms with Crippen molar-refractivity contribution in [3.05, 3.63) is 24.3 Å². The van der Waals surface area contributed by atoms with Crippen LogP contribution in [0.3, 0.4) is 0 Å². The van der Waals surface area contributed by atoms with Gasteiger partial charge in [-0.3, -0.25) is 9.59 Å². The van der Waals surface area contributed by atoms with Crippen molar-refractivity contribution in [2.45, 2.75) is 82.9 Å². The smallest absolute Gasteiger partial charge is 0.263 e. The third-order valence-electron chi connectivity index (χ3n) is 6.37. The van der Waals surface area contributed by atoms with E-state index >= 15 is 0 Å². The van der Waals surface area contributed by atoms with E-state index in [0.717, 1.165) is 44.2 Å². The lowest BCUT2D eigenvalue weighted by Gasteiger charge is -2.36. The number of hydrogen-bond acceptors (Lipinski definition) is 5. The Bertz CT molecular complexity index is 807. The van der Waals surface area contributed by atoms with Gasteiger partial charge in [0.25, 0.3) is 5.91 Å². The molecule has 31 heavy (non-hydrogen) atoms. The van der Waals surface area contributed by atoms with Crippen molar-refractivity contribution in [1.82, 2.24) is 10.6 Å². The topological polar surface area (TPSA) is 94.5 Å². The Morgan fingerprint density at radius 2 is 1.87 bits per heavy atom. The van der Waals surface area contributed by atoms with Crippen LogP contribution in [0.4, 0.5) is 5.69 Å². The summed E-state index contributed by atoms with van der Waals surface area (Å²) in [4.78, 5) is 27.7. The van der Waals surface area contributed by atoms with E-state index in [0.29, 0.717) is 18.6 Å². The Morgan fingerprint density at radius 1 is 1.19 bits per heavy atom. The summed E-state index contributed by atoms with van der Waals surface area (Å²) >= 11 is 0. The number of ether oxygens (including phenoxy) is 1. The van der Waals surface area contributed by atoms with Crippen LogP contribution in [0.25, 0.3) is 0 Å². The number of para-hydroxylation sites is 2. The van der Waals surface area contributed by atoms with Gasteiger partial charge < -0.3 is 20.3 Å². The molecule has 1 saturated carbocycles. The summed E-state index contributed by atoms with van der Waals surface area (Å²) in [7, 11) is 0. The Labute approximate surface area is 185 Å². The zero-order chi connectivity index (χ0) is 22.3. The summed E-state index contributed by atoms with van der Waals surface area (Å²) in [5.74, 6) is 0.237. The van der Waals surface area contributed by atoms with Crippen LogP contribution < -0.4 is 20.3 Å². The van der Waals surface area contributed by atoms with Crippen LogP contribution in [0.1, 0.15) is 65.2 Å². The average Bonchev–Trinajstić information content (AvgIpc) is 3.03. The van der Waals surface area contributed by atoms with Crippen molar-refractivity contribution in [3.63, 3.8) is 0 Å². The fourth-order valence-corrected chi connectivity index (χ4v) is 4.46. The quantitative estimate of drug-likeness (QED) is 0.653. The van der Waals surface area contributed by atoms with Gasteiger partial charge in [0.15, 0.2) is 6.10 Å². The average molecular weight is 427 g/mol. The largest absolute Gasteiger partial charge is 0.477 e. The number of fused-ring (bicyclic) bond motifs is 1. The van der Waals surface area contributed by atoms with Gasteiger partial charge in [0.1, 0.15) is 11.3 Å². The second-order valence-corrected chi connectivity index (χ2v) is 8.63. The molecular formula is C24H34N4O3. The first-order chi connectivity index (χ1) is 15.0. The van der Waals surface area contributed by atoms with Crippen LogP contribution in [0.2, 0.25) is 0 Å². The van der Waals surface area contributed by atoms with Crippen LogP contribution in [-0.2, 0) is 9.59 Å². The van der Waals surface area contributed by atoms with E-state index in [1.807, 2.05) is 43.0 Å². The molecule has 0 bridgehead atoms. The molecule has 1 heterocycles. The fourth-order valence-electron chi connectivity index (χ4n) is 4.46. The minimum atomic E-state index is -0.786. The zero-order valence-electron chi connectivity index (χ0n) is 18.7. The molecule has 168 valence electrons. The molecule has 1 aromatic carbocycles. The number of benzene rings is 1. The second-order valence-electron chi connectivity index (χ2n) is 8.63. The third-order valence-corrected chi connectivity index (χ3v) is 6.37. The molecular weight excluding hydrogens is 392 g/mol. The molecule has 2 aliphatic rings. The highest BCUT2D eigenvalue weighted by Crippen LogP contribution is 2.33. The van der Waals surface area contributed by atoms with Crippen LogP contribution >= 0.6 is 0 Å². The Balaban J connectivity index is 1.72. The van der Waals surface area contributed by atoms with Gasteiger partial charge in [0.05, 0.1) is 24.8 Å². The van der Waals surface area contributed by atoms with Crippen molar-refractivity contribution in [1.29, 1.82) is 5.26 Å². The minimum absolute atomic E-state index is 0.0819. The van der Waals surface area contributed by atoms with E-state index < -0.39 is 11.6 Å². The highest BCUT2D eigenvalue weighted by molar-refractivity contribution is 5.86. The zero-order valence-corrected chi connectivity index (χ0v) is 18.7. The predicted molar refractivity (Wildman–Crippen MR) is 120 cm³/mol. The Kier molecular flexibility index (Phi) is 7.78. The van der Waals surface area contributed by atoms with Gasteiger partial charge in [-0.05, 0) is 37.8 Å². The second kappa shape index (κ2) is 10.5. The van der Waals surface area contributed by atoms with Gasteiger partial charge in [0, 0.05) is 6.04 Å². The van der Waals surface area contributed by atoms with Crippen molar-refractivity contribution < 1.29 is 14.3 Å². The molecule has 7 heteroatoms. The van der Waals surface area contributed by atoms with Gasteiger partial charge in [-0.15, -0.1) is 0 Å². The summed E-state index contributed by atoms with van der Waals surface area (Å²) in [5.41, 5.74) is 0.00199. The molecule has 0 saturated heterocycles. The molecule has 0 aromatic heterocycles. The summed E-state index contributed by atoms with van der Waals surface area (Å²) < 4.78 is 5.97. The number of hydrogen-bond donors (Lipinski definition) is 2. The number of nitriles is 1. The van der Waals surface area contributed by atoms with E-state index in [9.17, 15) is 14.9 Å². The van der Waals surface area contributed by atoms with Crippen LogP contribution in [0, 0.1) is 11.3 Å². The highest BCUT2D eigenvalue weighted by atomic mass is 16.5. The number of carbonyl (C=O) groups excluding carboxylic acids is 2. The normalized spacial score (nSPS) is 20.1. The summed E-state index contributed by atoms with van der Waals surface area (Å²) in [6.45, 7) is 4.45. The Morgan fingerprint density at radius 3 is 2.52 bits per heavy atom. The first-order valence-electron chi connectivity index (χ1n) is 11.5. The molecule has 2 amide bonds. The minimum Gasteiger partial charge on any atom is -0.477 e. The molecule has 3 rings (SSSR count). The molecule has 0 radical (unpaired) electrons. The van der Waals surface area contributed by atoms with Crippen LogP contribution in [0.15, 0.2) is 24.3 Å². The van der Waals surface area contributed by atoms with Crippen LogP contribution in [0.5, 0.6) is 5.75 Å². The van der Waals surface area contributed by atoms with E-state index in [2.05, 4.69) is 16.7 Å². The molecule has 0 spiro atoms. The molecule has 1 aliphatic carbocycles. The lowest BCUT2D eigenvalue weighted by atomic mass is 9.92. The number of nitrogens with zero attached hydrogens (tertiary/aromatic N) is 2. The summed E-state index contributed by atoms with van der Waals surface area (Å²) in [6.07, 6.45) is 6.50. The number of rotatable bonds is 7. The van der Waals surface area contributed by atoms with Crippen molar-refractivity contribution in [2.24, 2.45) is 0 Å². The van der Waals surface area contributed by atoms with Gasteiger partial charge in [-0.1, -0.05) is 51.7 Å². The highest BCUT2D eigenvalue weighted by Gasteiger charge is 2.35. The van der Waals surface area contributed by atoms with Crippen LogP contribution in [-0.4, -0.2) is 42.6 Å². The maximum Gasteiger partial charge on any atom is 0.263 e. The molecule has 1 atom stereocenters. The maximum absolute atomic E-state index is 13.0. The van der Waals surface area contributed by atoms with Gasteiger partial charge >= 0.3 is 0 Å². The number of anilines is 1. The van der Waals surface area contributed by atoms with Gasteiger partial charge in [0.2, 0.25) is 5.91 Å². The van der Waals surface area contributed by atoms with E-state index in [4.69, 9.17) is 4.74 Å². The summed E-state index contributed by atoms with van der Waals surface area (Å²) in [5, 5.41) is 15.8. The van der Waals surface area contributed by atoms with Crippen molar-refractivity contribution in [3.8, 4) is 11.8 Å². The van der Waals surface area contributed by atoms with Gasteiger partial charge in [-0.2, -0.15) is 5.26 Å². The van der Waals surface area contributed by atoms with E-state index in [-0.39, 0.29) is 30.9 Å². The molecule has 1 aliphatic heterocycles. The third kappa shape index (κ3) is 5.69.